The Balaban J connectivity index is 1.37. The van der Waals surface area contributed by atoms with E-state index in [1.807, 2.05) is 13.0 Å². The van der Waals surface area contributed by atoms with Crippen LogP contribution in [0.3, 0.4) is 0 Å². The molecule has 6 atom stereocenters. The minimum absolute atomic E-state index is 0.108. The molecular formula is C31H38O4. The number of rotatable bonds is 7. The first-order valence-corrected chi connectivity index (χ1v) is 13.5. The van der Waals surface area contributed by atoms with Gasteiger partial charge in [-0.05, 0) is 91.0 Å². The van der Waals surface area contributed by atoms with Crippen molar-refractivity contribution in [3.63, 3.8) is 0 Å². The first kappa shape index (κ1) is 24.1. The van der Waals surface area contributed by atoms with Gasteiger partial charge in [0.25, 0.3) is 0 Å². The first-order chi connectivity index (χ1) is 17.0. The lowest BCUT2D eigenvalue weighted by atomic mass is 9.57. The molecule has 186 valence electrons. The van der Waals surface area contributed by atoms with Gasteiger partial charge < -0.3 is 9.47 Å². The van der Waals surface area contributed by atoms with Gasteiger partial charge in [-0.15, -0.1) is 0 Å². The van der Waals surface area contributed by atoms with Gasteiger partial charge in [0.1, 0.15) is 18.1 Å². The lowest BCUT2D eigenvalue weighted by molar-refractivity contribution is -0.146. The third-order valence-corrected chi connectivity index (χ3v) is 8.86. The highest BCUT2D eigenvalue weighted by Gasteiger charge is 2.54. The summed E-state index contributed by atoms with van der Waals surface area (Å²) in [6.07, 6.45) is 5.26. The third kappa shape index (κ3) is 4.64. The fraction of sp³-hybridized carbons (Fsp3) is 0.548. The summed E-state index contributed by atoms with van der Waals surface area (Å²) in [6.45, 7) is 7.24. The zero-order chi connectivity index (χ0) is 24.5. The molecule has 3 aliphatic carbocycles. The lowest BCUT2D eigenvalue weighted by Crippen LogP contribution is -2.40. The summed E-state index contributed by atoms with van der Waals surface area (Å²) in [5.74, 6) is 2.83. The van der Waals surface area contributed by atoms with Crippen LogP contribution in [-0.4, -0.2) is 18.4 Å². The minimum Gasteiger partial charge on any atom is -0.489 e. The molecular weight excluding hydrogens is 436 g/mol. The van der Waals surface area contributed by atoms with Crippen LogP contribution in [0.2, 0.25) is 0 Å². The van der Waals surface area contributed by atoms with Gasteiger partial charge in [-0.3, -0.25) is 9.59 Å². The average molecular weight is 475 g/mol. The number of Topliss-reactive ketones (excluding diaryl/α,β-unsaturated/α-hetero) is 1. The molecule has 3 aliphatic rings. The number of carbonyl (C=O) groups is 2. The molecule has 0 amide bonds. The highest BCUT2D eigenvalue weighted by atomic mass is 16.5. The van der Waals surface area contributed by atoms with Crippen molar-refractivity contribution in [3.8, 4) is 5.75 Å². The molecule has 4 heteroatoms. The zero-order valence-electron chi connectivity index (χ0n) is 21.3. The number of benzene rings is 2. The Kier molecular flexibility index (Phi) is 7.00. The van der Waals surface area contributed by atoms with Gasteiger partial charge in [0.2, 0.25) is 0 Å². The van der Waals surface area contributed by atoms with Gasteiger partial charge in [0, 0.05) is 11.8 Å². The number of aryl methyl sites for hydroxylation is 2. The number of ketones is 1. The van der Waals surface area contributed by atoms with Crippen LogP contribution in [0.4, 0.5) is 0 Å². The second kappa shape index (κ2) is 10.2. The highest BCUT2D eigenvalue weighted by Crippen LogP contribution is 2.58. The van der Waals surface area contributed by atoms with Gasteiger partial charge in [-0.2, -0.15) is 0 Å². The van der Waals surface area contributed by atoms with Crippen molar-refractivity contribution < 1.29 is 19.1 Å². The summed E-state index contributed by atoms with van der Waals surface area (Å²) >= 11 is 0. The SMILES string of the molecule is CCOC(=O)CC1CC2C3CCc4cc(OCc5ccccc5)c(CC)cc4C3C[C@@H](C)C2C1=O. The molecule has 2 aromatic rings. The highest BCUT2D eigenvalue weighted by molar-refractivity contribution is 5.89. The Morgan fingerprint density at radius 2 is 1.86 bits per heavy atom. The van der Waals surface area contributed by atoms with E-state index in [-0.39, 0.29) is 24.2 Å². The van der Waals surface area contributed by atoms with Crippen LogP contribution >= 0.6 is 0 Å². The second-order valence-electron chi connectivity index (χ2n) is 10.8. The van der Waals surface area contributed by atoms with Crippen molar-refractivity contribution in [3.05, 3.63) is 64.7 Å². The number of hydrogen-bond acceptors (Lipinski definition) is 4. The van der Waals surface area contributed by atoms with Crippen molar-refractivity contribution in [2.45, 2.75) is 71.8 Å². The van der Waals surface area contributed by atoms with Crippen molar-refractivity contribution in [2.24, 2.45) is 29.6 Å². The van der Waals surface area contributed by atoms with Gasteiger partial charge in [-0.1, -0.05) is 50.2 Å². The fourth-order valence-corrected chi connectivity index (χ4v) is 7.33. The van der Waals surface area contributed by atoms with Gasteiger partial charge in [0.15, 0.2) is 0 Å². The van der Waals surface area contributed by atoms with Crippen LogP contribution in [0.15, 0.2) is 42.5 Å². The predicted molar refractivity (Wildman–Crippen MR) is 136 cm³/mol. The van der Waals surface area contributed by atoms with Crippen molar-refractivity contribution in [1.29, 1.82) is 0 Å². The van der Waals surface area contributed by atoms with Crippen LogP contribution in [0.1, 0.15) is 74.6 Å². The van der Waals surface area contributed by atoms with Crippen LogP contribution in [0.5, 0.6) is 5.75 Å². The molecule has 35 heavy (non-hydrogen) atoms. The summed E-state index contributed by atoms with van der Waals surface area (Å²) in [7, 11) is 0. The average Bonchev–Trinajstić information content (AvgIpc) is 3.19. The Morgan fingerprint density at radius 1 is 1.06 bits per heavy atom. The quantitative estimate of drug-likeness (QED) is 0.443. The maximum absolute atomic E-state index is 13.3. The fourth-order valence-electron chi connectivity index (χ4n) is 7.33. The molecule has 0 aromatic heterocycles. The Hall–Kier alpha value is -2.62. The van der Waals surface area contributed by atoms with E-state index in [9.17, 15) is 9.59 Å². The van der Waals surface area contributed by atoms with E-state index in [0.717, 1.165) is 37.9 Å². The van der Waals surface area contributed by atoms with Crippen LogP contribution in [0, 0.1) is 29.6 Å². The summed E-state index contributed by atoms with van der Waals surface area (Å²) < 4.78 is 11.5. The predicted octanol–water partition coefficient (Wildman–Crippen LogP) is 6.29. The first-order valence-electron chi connectivity index (χ1n) is 13.5. The number of fused-ring (bicyclic) bond motifs is 5. The molecule has 0 aliphatic heterocycles. The largest absolute Gasteiger partial charge is 0.489 e. The molecule has 0 spiro atoms. The van der Waals surface area contributed by atoms with Crippen LogP contribution < -0.4 is 4.74 Å². The summed E-state index contributed by atoms with van der Waals surface area (Å²) in [5, 5.41) is 0. The monoisotopic (exact) mass is 474 g/mol. The molecule has 0 N–H and O–H groups in total. The van der Waals surface area contributed by atoms with Crippen LogP contribution in [0.25, 0.3) is 0 Å². The van der Waals surface area contributed by atoms with E-state index in [1.165, 1.54) is 22.3 Å². The Labute approximate surface area is 209 Å². The normalized spacial score (nSPS) is 29.2. The van der Waals surface area contributed by atoms with Crippen molar-refractivity contribution in [1.82, 2.24) is 0 Å². The van der Waals surface area contributed by atoms with Crippen LogP contribution in [-0.2, 0) is 33.8 Å². The van der Waals surface area contributed by atoms with Gasteiger partial charge >= 0.3 is 5.97 Å². The zero-order valence-corrected chi connectivity index (χ0v) is 21.3. The summed E-state index contributed by atoms with van der Waals surface area (Å²) in [4.78, 5) is 25.5. The molecule has 5 rings (SSSR count). The Bertz CT molecular complexity index is 1070. The van der Waals surface area contributed by atoms with E-state index < -0.39 is 0 Å². The Morgan fingerprint density at radius 3 is 2.60 bits per heavy atom. The van der Waals surface area contributed by atoms with Crippen molar-refractivity contribution in [2.75, 3.05) is 6.61 Å². The molecule has 2 aromatic carbocycles. The standard InChI is InChI=1S/C31H38O4/c1-4-21-14-25-22(16-28(21)35-18-20-9-7-6-8-10-20)11-12-24-26(25)13-19(3)30-27(24)15-23(31(30)33)17-29(32)34-5-2/h6-10,14,16,19,23-24,26-27,30H,4-5,11-13,15,17-18H2,1-3H3/t19-,23?,24?,26?,27?,30?/m1/s1. The number of ether oxygens (including phenoxy) is 2. The van der Waals surface area contributed by atoms with E-state index >= 15 is 0 Å². The smallest absolute Gasteiger partial charge is 0.306 e. The molecule has 0 heterocycles. The molecule has 2 fully saturated rings. The summed E-state index contributed by atoms with van der Waals surface area (Å²) in [6, 6.07) is 15.0. The van der Waals surface area contributed by atoms with E-state index in [0.29, 0.717) is 42.7 Å². The number of carbonyl (C=O) groups excluding carboxylic acids is 2. The molecule has 5 unspecified atom stereocenters. The van der Waals surface area contributed by atoms with E-state index in [1.54, 1.807) is 0 Å². The van der Waals surface area contributed by atoms with Crippen molar-refractivity contribution >= 4 is 11.8 Å². The maximum Gasteiger partial charge on any atom is 0.306 e. The topological polar surface area (TPSA) is 52.6 Å². The maximum atomic E-state index is 13.3. The molecule has 0 saturated heterocycles. The molecule has 4 nitrogen and oxygen atoms in total. The van der Waals surface area contributed by atoms with Gasteiger partial charge in [0.05, 0.1) is 13.0 Å². The second-order valence-corrected chi connectivity index (χ2v) is 10.8. The van der Waals surface area contributed by atoms with E-state index in [2.05, 4.69) is 50.2 Å². The number of esters is 1. The van der Waals surface area contributed by atoms with E-state index in [4.69, 9.17) is 9.47 Å². The lowest BCUT2D eigenvalue weighted by Gasteiger charge is -2.46. The summed E-state index contributed by atoms with van der Waals surface area (Å²) in [5.41, 5.74) is 5.36. The minimum atomic E-state index is -0.224. The number of hydrogen-bond donors (Lipinski definition) is 0. The molecule has 2 saturated carbocycles. The third-order valence-electron chi connectivity index (χ3n) is 8.86. The van der Waals surface area contributed by atoms with Gasteiger partial charge in [-0.25, -0.2) is 0 Å². The molecule has 0 bridgehead atoms. The molecule has 0 radical (unpaired) electrons.